The Bertz CT molecular complexity index is 570. The van der Waals surface area contributed by atoms with Crippen LogP contribution in [0.15, 0.2) is 16.9 Å². The van der Waals surface area contributed by atoms with E-state index in [4.69, 9.17) is 14.6 Å². The summed E-state index contributed by atoms with van der Waals surface area (Å²) in [5.74, 6) is 0. The second-order valence-corrected chi connectivity index (χ2v) is 5.69. The second-order valence-electron chi connectivity index (χ2n) is 5.69. The SMILES string of the molecule is CC1(C)OB(c2ccc(CC#N)[nH]c2=O)OC1(C)C. The molecule has 0 radical (unpaired) electrons. The third-order valence-corrected chi connectivity index (χ3v) is 3.78. The second kappa shape index (κ2) is 4.51. The topological polar surface area (TPSA) is 75.1 Å². The molecule has 1 aliphatic rings. The number of hydrogen-bond acceptors (Lipinski definition) is 4. The van der Waals surface area contributed by atoms with Crippen LogP contribution in [0.1, 0.15) is 33.4 Å². The van der Waals surface area contributed by atoms with Gasteiger partial charge in [-0.1, -0.05) is 6.07 Å². The Balaban J connectivity index is 2.31. The number of nitriles is 1. The highest BCUT2D eigenvalue weighted by atomic mass is 16.7. The molecule has 0 bridgehead atoms. The van der Waals surface area contributed by atoms with E-state index in [1.165, 1.54) is 0 Å². The summed E-state index contributed by atoms with van der Waals surface area (Å²) in [6.07, 6.45) is 0.179. The van der Waals surface area contributed by atoms with Crippen molar-refractivity contribution in [2.75, 3.05) is 0 Å². The first-order chi connectivity index (χ1) is 8.77. The Hall–Kier alpha value is -1.58. The molecule has 0 saturated carbocycles. The Morgan fingerprint density at radius 2 is 1.84 bits per heavy atom. The van der Waals surface area contributed by atoms with E-state index < -0.39 is 18.3 Å². The smallest absolute Gasteiger partial charge is 0.399 e. The van der Waals surface area contributed by atoms with Crippen molar-refractivity contribution >= 4 is 12.6 Å². The monoisotopic (exact) mass is 260 g/mol. The van der Waals surface area contributed by atoms with Crippen molar-refractivity contribution in [3.63, 3.8) is 0 Å². The predicted octanol–water partition coefficient (Wildman–Crippen LogP) is 0.740. The first-order valence-corrected chi connectivity index (χ1v) is 6.21. The minimum absolute atomic E-state index is 0.179. The molecule has 0 aromatic carbocycles. The standard InChI is InChI=1S/C13H17BN2O3/c1-12(2)13(3,4)19-14(18-12)10-6-5-9(7-8-15)16-11(10)17/h5-6H,7H2,1-4H3,(H,16,17). The maximum atomic E-state index is 12.0. The molecule has 1 saturated heterocycles. The highest BCUT2D eigenvalue weighted by Gasteiger charge is 2.52. The summed E-state index contributed by atoms with van der Waals surface area (Å²) in [6.45, 7) is 7.74. The van der Waals surface area contributed by atoms with Gasteiger partial charge in [-0.3, -0.25) is 4.79 Å². The van der Waals surface area contributed by atoms with E-state index in [0.29, 0.717) is 11.2 Å². The molecular weight excluding hydrogens is 243 g/mol. The zero-order valence-electron chi connectivity index (χ0n) is 11.6. The third-order valence-electron chi connectivity index (χ3n) is 3.78. The van der Waals surface area contributed by atoms with Crippen LogP contribution in [0.5, 0.6) is 0 Å². The average molecular weight is 260 g/mol. The van der Waals surface area contributed by atoms with Crippen LogP contribution in [0.3, 0.4) is 0 Å². The van der Waals surface area contributed by atoms with Crippen molar-refractivity contribution in [2.45, 2.75) is 45.3 Å². The molecule has 6 heteroatoms. The van der Waals surface area contributed by atoms with Gasteiger partial charge in [-0.15, -0.1) is 0 Å². The summed E-state index contributed by atoms with van der Waals surface area (Å²) in [4.78, 5) is 14.7. The molecule has 19 heavy (non-hydrogen) atoms. The first-order valence-electron chi connectivity index (χ1n) is 6.21. The quantitative estimate of drug-likeness (QED) is 0.796. The van der Waals surface area contributed by atoms with E-state index in [2.05, 4.69) is 4.98 Å². The molecule has 1 fully saturated rings. The van der Waals surface area contributed by atoms with Gasteiger partial charge in [0.2, 0.25) is 5.56 Å². The molecule has 0 unspecified atom stereocenters. The zero-order chi connectivity index (χ0) is 14.3. The number of aromatic nitrogens is 1. The van der Waals surface area contributed by atoms with Crippen LogP contribution in [0, 0.1) is 11.3 Å². The molecule has 0 aliphatic carbocycles. The van der Waals surface area contributed by atoms with E-state index in [0.717, 1.165) is 0 Å². The number of pyridine rings is 1. The van der Waals surface area contributed by atoms with Crippen LogP contribution >= 0.6 is 0 Å². The number of nitrogens with zero attached hydrogens (tertiary/aromatic N) is 1. The minimum atomic E-state index is -0.676. The van der Waals surface area contributed by atoms with Crippen molar-refractivity contribution in [2.24, 2.45) is 0 Å². The van der Waals surface area contributed by atoms with Gasteiger partial charge >= 0.3 is 7.12 Å². The molecule has 0 amide bonds. The van der Waals surface area contributed by atoms with Crippen molar-refractivity contribution in [1.82, 2.24) is 4.98 Å². The molecule has 5 nitrogen and oxygen atoms in total. The highest BCUT2D eigenvalue weighted by molar-refractivity contribution is 6.61. The number of H-pyrrole nitrogens is 1. The molecule has 100 valence electrons. The van der Waals surface area contributed by atoms with E-state index in [1.807, 2.05) is 33.8 Å². The van der Waals surface area contributed by atoms with Gasteiger partial charge in [-0.25, -0.2) is 0 Å². The Morgan fingerprint density at radius 3 is 2.32 bits per heavy atom. The summed E-state index contributed by atoms with van der Waals surface area (Å²) in [5, 5.41) is 8.61. The lowest BCUT2D eigenvalue weighted by atomic mass is 9.80. The zero-order valence-corrected chi connectivity index (χ0v) is 11.6. The normalized spacial score (nSPS) is 20.3. The Labute approximate surface area is 112 Å². The molecule has 2 heterocycles. The van der Waals surface area contributed by atoms with Crippen molar-refractivity contribution < 1.29 is 9.31 Å². The van der Waals surface area contributed by atoms with Gasteiger partial charge in [0, 0.05) is 11.2 Å². The maximum absolute atomic E-state index is 12.0. The predicted molar refractivity (Wildman–Crippen MR) is 72.1 cm³/mol. The summed E-state index contributed by atoms with van der Waals surface area (Å²) < 4.78 is 11.6. The van der Waals surface area contributed by atoms with E-state index >= 15 is 0 Å². The maximum Gasteiger partial charge on any atom is 0.500 e. The van der Waals surface area contributed by atoms with Gasteiger partial charge < -0.3 is 14.3 Å². The molecule has 1 aromatic heterocycles. The molecule has 0 atom stereocenters. The van der Waals surface area contributed by atoms with Gasteiger partial charge in [0.25, 0.3) is 0 Å². The van der Waals surface area contributed by atoms with Crippen molar-refractivity contribution in [1.29, 1.82) is 5.26 Å². The molecule has 1 aromatic rings. The minimum Gasteiger partial charge on any atom is -0.399 e. The summed E-state index contributed by atoms with van der Waals surface area (Å²) >= 11 is 0. The van der Waals surface area contributed by atoms with Crippen LogP contribution in [-0.4, -0.2) is 23.3 Å². The number of aromatic amines is 1. The van der Waals surface area contributed by atoms with Crippen LogP contribution in [-0.2, 0) is 15.7 Å². The van der Waals surface area contributed by atoms with Crippen molar-refractivity contribution in [3.8, 4) is 6.07 Å². The third kappa shape index (κ3) is 2.44. The fraction of sp³-hybridized carbons (Fsp3) is 0.538. The summed E-state index contributed by atoms with van der Waals surface area (Å²) in [6, 6.07) is 5.37. The molecule has 1 aliphatic heterocycles. The lowest BCUT2D eigenvalue weighted by Crippen LogP contribution is -2.44. The van der Waals surface area contributed by atoms with E-state index in [1.54, 1.807) is 12.1 Å². The largest absolute Gasteiger partial charge is 0.500 e. The lowest BCUT2D eigenvalue weighted by molar-refractivity contribution is 0.00578. The highest BCUT2D eigenvalue weighted by Crippen LogP contribution is 2.36. The van der Waals surface area contributed by atoms with Crippen LogP contribution < -0.4 is 11.0 Å². The number of rotatable bonds is 2. The number of hydrogen-bond donors (Lipinski definition) is 1. The van der Waals surface area contributed by atoms with Crippen LogP contribution in [0.25, 0.3) is 0 Å². The fourth-order valence-electron chi connectivity index (χ4n) is 1.87. The summed E-state index contributed by atoms with van der Waals surface area (Å²) in [7, 11) is -0.676. The average Bonchev–Trinajstić information content (AvgIpc) is 2.48. The molecule has 2 rings (SSSR count). The molecule has 1 N–H and O–H groups in total. The van der Waals surface area contributed by atoms with Crippen molar-refractivity contribution in [3.05, 3.63) is 28.2 Å². The van der Waals surface area contributed by atoms with E-state index in [9.17, 15) is 4.79 Å². The summed E-state index contributed by atoms with van der Waals surface area (Å²) in [5.41, 5.74) is -0.204. The van der Waals surface area contributed by atoms with E-state index in [-0.39, 0.29) is 12.0 Å². The first kappa shape index (κ1) is 13.8. The number of nitrogens with one attached hydrogen (secondary N) is 1. The van der Waals surface area contributed by atoms with Crippen LogP contribution in [0.2, 0.25) is 0 Å². The lowest BCUT2D eigenvalue weighted by Gasteiger charge is -2.32. The van der Waals surface area contributed by atoms with Gasteiger partial charge in [-0.2, -0.15) is 5.26 Å². The van der Waals surface area contributed by atoms with Crippen LogP contribution in [0.4, 0.5) is 0 Å². The molecular formula is C13H17BN2O3. The van der Waals surface area contributed by atoms with Gasteiger partial charge in [0.15, 0.2) is 0 Å². The molecule has 0 spiro atoms. The Kier molecular flexibility index (Phi) is 3.29. The van der Waals surface area contributed by atoms with Gasteiger partial charge in [0.05, 0.1) is 23.7 Å². The van der Waals surface area contributed by atoms with Gasteiger partial charge in [-0.05, 0) is 33.8 Å². The Morgan fingerprint density at radius 1 is 1.26 bits per heavy atom. The van der Waals surface area contributed by atoms with Gasteiger partial charge in [0.1, 0.15) is 0 Å². The fourth-order valence-corrected chi connectivity index (χ4v) is 1.87.